The standard InChI is InChI=1S/C14H20N2O3/c1-19-13-5-3-2-4-12(13)16-7-6-10(9-16)8-11(15)14(17)18/h2-5,10-11H,6-9,15H2,1H3,(H,17,18). The third-order valence-corrected chi connectivity index (χ3v) is 3.62. The van der Waals surface area contributed by atoms with Gasteiger partial charge in [-0.25, -0.2) is 0 Å². The summed E-state index contributed by atoms with van der Waals surface area (Å²) in [5, 5.41) is 8.85. The Kier molecular flexibility index (Phi) is 4.27. The van der Waals surface area contributed by atoms with E-state index in [-0.39, 0.29) is 0 Å². The highest BCUT2D eigenvalue weighted by atomic mass is 16.5. The van der Waals surface area contributed by atoms with Crippen LogP contribution in [-0.2, 0) is 4.79 Å². The highest BCUT2D eigenvalue weighted by molar-refractivity contribution is 5.73. The van der Waals surface area contributed by atoms with E-state index in [2.05, 4.69) is 4.90 Å². The van der Waals surface area contributed by atoms with Crippen LogP contribution < -0.4 is 15.4 Å². The van der Waals surface area contributed by atoms with E-state index in [1.807, 2.05) is 24.3 Å². The first kappa shape index (κ1) is 13.7. The lowest BCUT2D eigenvalue weighted by Crippen LogP contribution is -2.33. The van der Waals surface area contributed by atoms with Crippen LogP contribution in [0.15, 0.2) is 24.3 Å². The number of anilines is 1. The Morgan fingerprint density at radius 2 is 2.32 bits per heavy atom. The number of carbonyl (C=O) groups is 1. The first-order valence-electron chi connectivity index (χ1n) is 6.48. The summed E-state index contributed by atoms with van der Waals surface area (Å²) in [6.07, 6.45) is 1.50. The number of nitrogens with two attached hydrogens (primary N) is 1. The third kappa shape index (κ3) is 3.17. The van der Waals surface area contributed by atoms with Gasteiger partial charge in [0, 0.05) is 13.1 Å². The maximum Gasteiger partial charge on any atom is 0.320 e. The van der Waals surface area contributed by atoms with E-state index >= 15 is 0 Å². The van der Waals surface area contributed by atoms with Gasteiger partial charge in [-0.15, -0.1) is 0 Å². The molecule has 2 atom stereocenters. The second kappa shape index (κ2) is 5.93. The normalized spacial score (nSPS) is 20.3. The van der Waals surface area contributed by atoms with Crippen molar-refractivity contribution in [3.05, 3.63) is 24.3 Å². The summed E-state index contributed by atoms with van der Waals surface area (Å²) in [7, 11) is 1.66. The molecule has 3 N–H and O–H groups in total. The second-order valence-corrected chi connectivity index (χ2v) is 4.95. The number of carboxylic acids is 1. The summed E-state index contributed by atoms with van der Waals surface area (Å²) in [6, 6.07) is 7.12. The van der Waals surface area contributed by atoms with Crippen molar-refractivity contribution in [1.82, 2.24) is 0 Å². The van der Waals surface area contributed by atoms with Gasteiger partial charge >= 0.3 is 5.97 Å². The van der Waals surface area contributed by atoms with E-state index in [0.717, 1.165) is 30.9 Å². The Labute approximate surface area is 113 Å². The molecule has 5 nitrogen and oxygen atoms in total. The molecule has 2 unspecified atom stereocenters. The SMILES string of the molecule is COc1ccccc1N1CCC(CC(N)C(=O)O)C1. The van der Waals surface area contributed by atoms with Gasteiger partial charge < -0.3 is 20.5 Å². The average molecular weight is 264 g/mol. The second-order valence-electron chi connectivity index (χ2n) is 4.95. The van der Waals surface area contributed by atoms with Crippen LogP contribution in [-0.4, -0.2) is 37.3 Å². The van der Waals surface area contributed by atoms with Gasteiger partial charge in [-0.3, -0.25) is 4.79 Å². The molecule has 0 bridgehead atoms. The van der Waals surface area contributed by atoms with Gasteiger partial charge in [-0.1, -0.05) is 12.1 Å². The summed E-state index contributed by atoms with van der Waals surface area (Å²) < 4.78 is 5.35. The maximum atomic E-state index is 10.8. The summed E-state index contributed by atoms with van der Waals surface area (Å²) in [5.41, 5.74) is 6.66. The Hall–Kier alpha value is -1.75. The molecule has 2 rings (SSSR count). The minimum absolute atomic E-state index is 0.330. The minimum atomic E-state index is -0.921. The van der Waals surface area contributed by atoms with Gasteiger partial charge in [0.2, 0.25) is 0 Å². The number of para-hydroxylation sites is 2. The molecule has 1 aliphatic rings. The van der Waals surface area contributed by atoms with Gasteiger partial charge in [-0.2, -0.15) is 0 Å². The molecule has 0 aliphatic carbocycles. The fourth-order valence-corrected chi connectivity index (χ4v) is 2.59. The molecule has 0 amide bonds. The van der Waals surface area contributed by atoms with Crippen LogP contribution >= 0.6 is 0 Å². The van der Waals surface area contributed by atoms with Crippen LogP contribution in [0.1, 0.15) is 12.8 Å². The lowest BCUT2D eigenvalue weighted by molar-refractivity contribution is -0.138. The molecular weight excluding hydrogens is 244 g/mol. The molecule has 104 valence electrons. The van der Waals surface area contributed by atoms with E-state index in [9.17, 15) is 4.79 Å². The lowest BCUT2D eigenvalue weighted by Gasteiger charge is -2.21. The van der Waals surface area contributed by atoms with Crippen molar-refractivity contribution in [3.63, 3.8) is 0 Å². The zero-order chi connectivity index (χ0) is 13.8. The van der Waals surface area contributed by atoms with Crippen LogP contribution in [0.2, 0.25) is 0 Å². The van der Waals surface area contributed by atoms with E-state index in [4.69, 9.17) is 15.6 Å². The Morgan fingerprint density at radius 3 is 3.00 bits per heavy atom. The van der Waals surface area contributed by atoms with Gasteiger partial charge in [0.25, 0.3) is 0 Å². The van der Waals surface area contributed by atoms with E-state index < -0.39 is 12.0 Å². The predicted octanol–water partition coefficient (Wildman–Crippen LogP) is 1.32. The van der Waals surface area contributed by atoms with Crippen molar-refractivity contribution in [2.75, 3.05) is 25.1 Å². The topological polar surface area (TPSA) is 75.8 Å². The molecule has 1 heterocycles. The first-order valence-corrected chi connectivity index (χ1v) is 6.48. The summed E-state index contributed by atoms with van der Waals surface area (Å²) in [6.45, 7) is 1.75. The first-order chi connectivity index (χ1) is 9.11. The molecule has 1 fully saturated rings. The number of nitrogens with zero attached hydrogens (tertiary/aromatic N) is 1. The van der Waals surface area contributed by atoms with Crippen LogP contribution in [0.5, 0.6) is 5.75 Å². The third-order valence-electron chi connectivity index (χ3n) is 3.62. The number of methoxy groups -OCH3 is 1. The number of hydrogen-bond donors (Lipinski definition) is 2. The molecule has 1 aromatic rings. The predicted molar refractivity (Wildman–Crippen MR) is 73.5 cm³/mol. The number of carboxylic acid groups (broad SMARTS) is 1. The fraction of sp³-hybridized carbons (Fsp3) is 0.500. The molecule has 0 aromatic heterocycles. The molecule has 1 aromatic carbocycles. The Morgan fingerprint density at radius 1 is 1.58 bits per heavy atom. The minimum Gasteiger partial charge on any atom is -0.495 e. The number of ether oxygens (including phenoxy) is 1. The monoisotopic (exact) mass is 264 g/mol. The average Bonchev–Trinajstić information content (AvgIpc) is 2.86. The summed E-state index contributed by atoms with van der Waals surface area (Å²) >= 11 is 0. The molecule has 0 saturated carbocycles. The van der Waals surface area contributed by atoms with Crippen LogP contribution in [0.4, 0.5) is 5.69 Å². The molecular formula is C14H20N2O3. The van der Waals surface area contributed by atoms with Crippen LogP contribution in [0.3, 0.4) is 0 Å². The lowest BCUT2D eigenvalue weighted by atomic mass is 10.00. The highest BCUT2D eigenvalue weighted by Crippen LogP contribution is 2.32. The van der Waals surface area contributed by atoms with E-state index in [0.29, 0.717) is 12.3 Å². The number of benzene rings is 1. The largest absolute Gasteiger partial charge is 0.495 e. The molecule has 0 radical (unpaired) electrons. The summed E-state index contributed by atoms with van der Waals surface area (Å²) in [4.78, 5) is 13.0. The van der Waals surface area contributed by atoms with Crippen molar-refractivity contribution in [1.29, 1.82) is 0 Å². The van der Waals surface area contributed by atoms with Crippen molar-refractivity contribution in [2.45, 2.75) is 18.9 Å². The Balaban J connectivity index is 2.00. The fourth-order valence-electron chi connectivity index (χ4n) is 2.59. The Bertz CT molecular complexity index is 450. The van der Waals surface area contributed by atoms with E-state index in [1.165, 1.54) is 0 Å². The number of hydrogen-bond acceptors (Lipinski definition) is 4. The summed E-state index contributed by atoms with van der Waals surface area (Å²) in [5.74, 6) is 0.262. The molecule has 5 heteroatoms. The smallest absolute Gasteiger partial charge is 0.320 e. The molecule has 19 heavy (non-hydrogen) atoms. The van der Waals surface area contributed by atoms with E-state index in [1.54, 1.807) is 7.11 Å². The number of rotatable bonds is 5. The van der Waals surface area contributed by atoms with Crippen LogP contribution in [0.25, 0.3) is 0 Å². The van der Waals surface area contributed by atoms with Crippen LogP contribution in [0, 0.1) is 5.92 Å². The van der Waals surface area contributed by atoms with Gasteiger partial charge in [-0.05, 0) is 30.9 Å². The van der Waals surface area contributed by atoms with Gasteiger partial charge in [0.15, 0.2) is 0 Å². The zero-order valence-corrected chi connectivity index (χ0v) is 11.1. The van der Waals surface area contributed by atoms with Crippen molar-refractivity contribution in [3.8, 4) is 5.75 Å². The molecule has 0 spiro atoms. The van der Waals surface area contributed by atoms with Gasteiger partial charge in [0.05, 0.1) is 12.8 Å². The quantitative estimate of drug-likeness (QED) is 0.839. The molecule has 1 saturated heterocycles. The highest BCUT2D eigenvalue weighted by Gasteiger charge is 2.27. The maximum absolute atomic E-state index is 10.8. The zero-order valence-electron chi connectivity index (χ0n) is 11.1. The molecule has 1 aliphatic heterocycles. The van der Waals surface area contributed by atoms with Crippen molar-refractivity contribution < 1.29 is 14.6 Å². The van der Waals surface area contributed by atoms with Gasteiger partial charge in [0.1, 0.15) is 11.8 Å². The van der Waals surface area contributed by atoms with Crippen molar-refractivity contribution in [2.24, 2.45) is 11.7 Å². The van der Waals surface area contributed by atoms with Crippen molar-refractivity contribution >= 4 is 11.7 Å². The number of aliphatic carboxylic acids is 1.